The Labute approximate surface area is 125 Å². The summed E-state index contributed by atoms with van der Waals surface area (Å²) in [4.78, 5) is -0.207. The zero-order valence-corrected chi connectivity index (χ0v) is 12.4. The third-order valence-corrected chi connectivity index (χ3v) is 4.59. The minimum absolute atomic E-state index is 0.0349. The summed E-state index contributed by atoms with van der Waals surface area (Å²) in [6.45, 7) is 1.42. The van der Waals surface area contributed by atoms with Crippen molar-refractivity contribution in [1.82, 2.24) is 0 Å². The largest absolute Gasteiger partial charge is 0.396 e. The fraction of sp³-hybridized carbons (Fsp3) is 0.0769. The molecule has 21 heavy (non-hydrogen) atoms. The van der Waals surface area contributed by atoms with Gasteiger partial charge in [-0.2, -0.15) is 0 Å². The Balaban J connectivity index is 2.48. The predicted octanol–water partition coefficient (Wildman–Crippen LogP) is 3.31. The molecule has 0 aliphatic heterocycles. The number of benzene rings is 2. The van der Waals surface area contributed by atoms with Crippen LogP contribution in [0.25, 0.3) is 0 Å². The highest BCUT2D eigenvalue weighted by atomic mass is 35.5. The molecule has 2 aromatic carbocycles. The SMILES string of the molecule is Cc1cc(F)c(N)cc1S(=O)(=O)Nc1cc(F)ccc1Cl. The fourth-order valence-corrected chi connectivity index (χ4v) is 3.29. The van der Waals surface area contributed by atoms with Crippen LogP contribution in [0.2, 0.25) is 5.02 Å². The predicted molar refractivity (Wildman–Crippen MR) is 77.8 cm³/mol. The summed E-state index contributed by atoms with van der Waals surface area (Å²) >= 11 is 5.81. The molecule has 3 N–H and O–H groups in total. The van der Waals surface area contributed by atoms with Crippen LogP contribution < -0.4 is 10.5 Å². The van der Waals surface area contributed by atoms with E-state index in [2.05, 4.69) is 4.72 Å². The van der Waals surface area contributed by atoms with Gasteiger partial charge < -0.3 is 5.73 Å². The molecule has 4 nitrogen and oxygen atoms in total. The van der Waals surface area contributed by atoms with Crippen LogP contribution in [0.5, 0.6) is 0 Å². The van der Waals surface area contributed by atoms with Gasteiger partial charge >= 0.3 is 0 Å². The molecule has 0 fully saturated rings. The van der Waals surface area contributed by atoms with Gasteiger partial charge in [-0.05, 0) is 42.8 Å². The zero-order chi connectivity index (χ0) is 15.8. The molecule has 2 rings (SSSR count). The zero-order valence-electron chi connectivity index (χ0n) is 10.8. The average molecular weight is 333 g/mol. The summed E-state index contributed by atoms with van der Waals surface area (Å²) in [7, 11) is -4.07. The molecule has 0 aliphatic carbocycles. The maximum atomic E-state index is 13.3. The number of hydrogen-bond acceptors (Lipinski definition) is 3. The van der Waals surface area contributed by atoms with E-state index in [4.69, 9.17) is 17.3 Å². The lowest BCUT2D eigenvalue weighted by atomic mass is 10.2. The van der Waals surface area contributed by atoms with Gasteiger partial charge in [0.05, 0.1) is 21.3 Å². The van der Waals surface area contributed by atoms with Crippen LogP contribution in [0.3, 0.4) is 0 Å². The minimum Gasteiger partial charge on any atom is -0.396 e. The summed E-state index contributed by atoms with van der Waals surface area (Å²) < 4.78 is 53.2. The van der Waals surface area contributed by atoms with Crippen molar-refractivity contribution in [3.8, 4) is 0 Å². The molecule has 0 heterocycles. The summed E-state index contributed by atoms with van der Waals surface area (Å²) in [5, 5.41) is 0.0349. The van der Waals surface area contributed by atoms with Gasteiger partial charge in [0.25, 0.3) is 10.0 Å². The summed E-state index contributed by atoms with van der Waals surface area (Å²) in [5.74, 6) is -1.36. The monoisotopic (exact) mass is 332 g/mol. The molecular weight excluding hydrogens is 322 g/mol. The minimum atomic E-state index is -4.07. The number of nitrogens with two attached hydrogens (primary N) is 1. The number of nitrogens with one attached hydrogen (secondary N) is 1. The van der Waals surface area contributed by atoms with Crippen LogP contribution >= 0.6 is 11.6 Å². The van der Waals surface area contributed by atoms with Crippen LogP contribution in [-0.2, 0) is 10.0 Å². The molecule has 0 atom stereocenters. The lowest BCUT2D eigenvalue weighted by molar-refractivity contribution is 0.599. The highest BCUT2D eigenvalue weighted by molar-refractivity contribution is 7.92. The van der Waals surface area contributed by atoms with Crippen molar-refractivity contribution in [3.05, 3.63) is 52.6 Å². The standard InChI is InChI=1S/C13H11ClF2N2O2S/c1-7-4-10(16)11(17)6-13(7)21(19,20)18-12-5-8(15)2-3-9(12)14/h2-6,18H,17H2,1H3. The second-order valence-corrected chi connectivity index (χ2v) is 6.43. The molecule has 112 valence electrons. The number of halogens is 3. The maximum Gasteiger partial charge on any atom is 0.262 e. The first kappa shape index (κ1) is 15.5. The fourth-order valence-electron chi connectivity index (χ4n) is 1.73. The molecule has 0 spiro atoms. The van der Waals surface area contributed by atoms with Crippen molar-refractivity contribution in [2.24, 2.45) is 0 Å². The first-order valence-electron chi connectivity index (χ1n) is 5.74. The maximum absolute atomic E-state index is 13.3. The Morgan fingerprint density at radius 3 is 2.52 bits per heavy atom. The number of anilines is 2. The Morgan fingerprint density at radius 2 is 1.86 bits per heavy atom. The van der Waals surface area contributed by atoms with Crippen LogP contribution in [0.1, 0.15) is 5.56 Å². The van der Waals surface area contributed by atoms with E-state index in [0.29, 0.717) is 0 Å². The number of nitrogen functional groups attached to an aromatic ring is 1. The molecule has 0 aromatic heterocycles. The van der Waals surface area contributed by atoms with Gasteiger partial charge in [-0.25, -0.2) is 17.2 Å². The quantitative estimate of drug-likeness (QED) is 0.847. The van der Waals surface area contributed by atoms with Gasteiger partial charge in [0, 0.05) is 0 Å². The number of rotatable bonds is 3. The highest BCUT2D eigenvalue weighted by Crippen LogP contribution is 2.28. The third-order valence-electron chi connectivity index (χ3n) is 2.76. The van der Waals surface area contributed by atoms with Crippen molar-refractivity contribution in [2.75, 3.05) is 10.5 Å². The van der Waals surface area contributed by atoms with Gasteiger partial charge in [0.1, 0.15) is 11.6 Å². The van der Waals surface area contributed by atoms with E-state index in [1.807, 2.05) is 0 Å². The van der Waals surface area contributed by atoms with E-state index in [1.165, 1.54) is 13.0 Å². The van der Waals surface area contributed by atoms with Crippen molar-refractivity contribution in [3.63, 3.8) is 0 Å². The molecule has 0 saturated carbocycles. The van der Waals surface area contributed by atoms with Gasteiger partial charge in [-0.3, -0.25) is 4.72 Å². The van der Waals surface area contributed by atoms with Gasteiger partial charge in [0.2, 0.25) is 0 Å². The Bertz CT molecular complexity index is 810. The smallest absolute Gasteiger partial charge is 0.262 e. The van der Waals surface area contributed by atoms with Crippen LogP contribution in [0.15, 0.2) is 35.2 Å². The van der Waals surface area contributed by atoms with Crippen LogP contribution in [0, 0.1) is 18.6 Å². The first-order chi connectivity index (χ1) is 9.70. The molecule has 0 aliphatic rings. The van der Waals surface area contributed by atoms with Gasteiger partial charge in [-0.1, -0.05) is 11.6 Å². The van der Waals surface area contributed by atoms with Crippen molar-refractivity contribution < 1.29 is 17.2 Å². The normalized spacial score (nSPS) is 11.4. The summed E-state index contributed by atoms with van der Waals surface area (Å²) in [6.07, 6.45) is 0. The van der Waals surface area contributed by atoms with Crippen LogP contribution in [0.4, 0.5) is 20.2 Å². The average Bonchev–Trinajstić information content (AvgIpc) is 2.37. The Kier molecular flexibility index (Phi) is 4.06. The number of aryl methyl sites for hydroxylation is 1. The summed E-state index contributed by atoms with van der Waals surface area (Å²) in [5.41, 5.74) is 5.14. The lowest BCUT2D eigenvalue weighted by Crippen LogP contribution is -2.15. The molecule has 2 aromatic rings. The molecule has 0 saturated heterocycles. The second kappa shape index (κ2) is 5.50. The Hall–Kier alpha value is -1.86. The topological polar surface area (TPSA) is 72.2 Å². The van der Waals surface area contributed by atoms with E-state index < -0.39 is 21.7 Å². The summed E-state index contributed by atoms with van der Waals surface area (Å²) in [6, 6.07) is 5.28. The first-order valence-corrected chi connectivity index (χ1v) is 7.60. The van der Waals surface area contributed by atoms with E-state index in [0.717, 1.165) is 24.3 Å². The van der Waals surface area contributed by atoms with E-state index in [9.17, 15) is 17.2 Å². The molecule has 8 heteroatoms. The van der Waals surface area contributed by atoms with E-state index in [-0.39, 0.29) is 26.9 Å². The molecular formula is C13H11ClF2N2O2S. The van der Waals surface area contributed by atoms with Crippen molar-refractivity contribution in [1.29, 1.82) is 0 Å². The molecule has 0 unspecified atom stereocenters. The number of sulfonamides is 1. The highest BCUT2D eigenvalue weighted by Gasteiger charge is 2.20. The molecule has 0 radical (unpaired) electrons. The number of hydrogen-bond donors (Lipinski definition) is 2. The van der Waals surface area contributed by atoms with E-state index >= 15 is 0 Å². The second-order valence-electron chi connectivity index (χ2n) is 4.37. The van der Waals surface area contributed by atoms with Crippen molar-refractivity contribution in [2.45, 2.75) is 11.8 Å². The molecule has 0 bridgehead atoms. The van der Waals surface area contributed by atoms with Crippen molar-refractivity contribution >= 4 is 33.0 Å². The lowest BCUT2D eigenvalue weighted by Gasteiger charge is -2.12. The van der Waals surface area contributed by atoms with E-state index in [1.54, 1.807) is 0 Å². The molecule has 0 amide bonds. The van der Waals surface area contributed by atoms with Gasteiger partial charge in [-0.15, -0.1) is 0 Å². The third kappa shape index (κ3) is 3.25. The van der Waals surface area contributed by atoms with Crippen LogP contribution in [-0.4, -0.2) is 8.42 Å². The van der Waals surface area contributed by atoms with Gasteiger partial charge in [0.15, 0.2) is 0 Å². The Morgan fingerprint density at radius 1 is 1.19 bits per heavy atom.